The summed E-state index contributed by atoms with van der Waals surface area (Å²) in [5, 5.41) is 0. The maximum Gasteiger partial charge on any atom is 0.228 e. The second kappa shape index (κ2) is 6.90. The number of carbonyl (C=O) groups is 1. The summed E-state index contributed by atoms with van der Waals surface area (Å²) in [5.41, 5.74) is 0.152. The molecule has 1 saturated carbocycles. The number of aromatic nitrogens is 2. The minimum atomic E-state index is 0.101. The number of carbonyl (C=O) groups excluding carboxylic acids is 1. The lowest BCUT2D eigenvalue weighted by Crippen LogP contribution is -2.49. The van der Waals surface area contributed by atoms with Crippen molar-refractivity contribution in [1.29, 1.82) is 0 Å². The van der Waals surface area contributed by atoms with Crippen LogP contribution in [-0.4, -0.2) is 60.7 Å². The van der Waals surface area contributed by atoms with E-state index in [0.29, 0.717) is 11.8 Å². The monoisotopic (exact) mass is 344 g/mol. The first kappa shape index (κ1) is 16.8. The van der Waals surface area contributed by atoms with Gasteiger partial charge in [-0.1, -0.05) is 6.42 Å². The third-order valence-electron chi connectivity index (χ3n) is 6.46. The molecule has 1 unspecified atom stereocenters. The molecule has 0 N–H and O–H groups in total. The average molecular weight is 344 g/mol. The number of methoxy groups -OCH3 is 1. The Morgan fingerprint density at radius 1 is 1.28 bits per heavy atom. The second-order valence-electron chi connectivity index (χ2n) is 7.92. The lowest BCUT2D eigenvalue weighted by Gasteiger charge is -2.44. The molecular weight excluding hydrogens is 316 g/mol. The van der Waals surface area contributed by atoms with Crippen molar-refractivity contribution in [2.45, 2.75) is 32.1 Å². The van der Waals surface area contributed by atoms with Gasteiger partial charge in [0.2, 0.25) is 11.9 Å². The Bertz CT molecular complexity index is 597. The molecule has 1 aromatic rings. The number of piperidine rings is 1. The Labute approximate surface area is 149 Å². The Hall–Kier alpha value is -1.69. The van der Waals surface area contributed by atoms with Gasteiger partial charge in [-0.15, -0.1) is 0 Å². The van der Waals surface area contributed by atoms with E-state index < -0.39 is 0 Å². The van der Waals surface area contributed by atoms with E-state index in [4.69, 9.17) is 4.74 Å². The SMILES string of the molecule is COCC1CCN(C(=O)C2CN(c3ncccn3)CC23CCC3)CC1. The van der Waals surface area contributed by atoms with Crippen LogP contribution in [0, 0.1) is 17.3 Å². The van der Waals surface area contributed by atoms with E-state index in [1.54, 1.807) is 19.5 Å². The molecule has 0 radical (unpaired) electrons. The summed E-state index contributed by atoms with van der Waals surface area (Å²) in [5.74, 6) is 1.82. The molecule has 2 aliphatic heterocycles. The fourth-order valence-electron chi connectivity index (χ4n) is 4.83. The molecule has 1 amide bonds. The quantitative estimate of drug-likeness (QED) is 0.836. The number of likely N-dealkylation sites (tertiary alicyclic amines) is 1. The van der Waals surface area contributed by atoms with Crippen LogP contribution in [0.25, 0.3) is 0 Å². The maximum atomic E-state index is 13.3. The van der Waals surface area contributed by atoms with Crippen molar-refractivity contribution in [2.75, 3.05) is 44.8 Å². The predicted octanol–water partition coefficient (Wildman–Crippen LogP) is 1.97. The summed E-state index contributed by atoms with van der Waals surface area (Å²) in [6, 6.07) is 1.84. The van der Waals surface area contributed by atoms with E-state index in [9.17, 15) is 4.79 Å². The van der Waals surface area contributed by atoms with Gasteiger partial charge in [0, 0.05) is 57.7 Å². The van der Waals surface area contributed by atoms with Gasteiger partial charge in [0.1, 0.15) is 0 Å². The molecule has 2 saturated heterocycles. The molecule has 0 aromatic carbocycles. The van der Waals surface area contributed by atoms with Crippen molar-refractivity contribution in [3.05, 3.63) is 18.5 Å². The summed E-state index contributed by atoms with van der Waals surface area (Å²) in [7, 11) is 1.76. The van der Waals surface area contributed by atoms with Crippen LogP contribution in [0.15, 0.2) is 18.5 Å². The Kier molecular flexibility index (Phi) is 4.63. The highest BCUT2D eigenvalue weighted by atomic mass is 16.5. The normalized spacial score (nSPS) is 26.0. The number of anilines is 1. The van der Waals surface area contributed by atoms with Crippen molar-refractivity contribution in [3.8, 4) is 0 Å². The maximum absolute atomic E-state index is 13.3. The number of amides is 1. The minimum Gasteiger partial charge on any atom is -0.384 e. The van der Waals surface area contributed by atoms with Crippen LogP contribution in [0.5, 0.6) is 0 Å². The molecule has 6 heteroatoms. The van der Waals surface area contributed by atoms with Gasteiger partial charge in [-0.05, 0) is 37.7 Å². The first-order valence-electron chi connectivity index (χ1n) is 9.51. The number of ether oxygens (including phenoxy) is 1. The molecule has 1 aliphatic carbocycles. The van der Waals surface area contributed by atoms with Crippen LogP contribution < -0.4 is 4.90 Å². The molecule has 3 heterocycles. The van der Waals surface area contributed by atoms with Gasteiger partial charge < -0.3 is 14.5 Å². The van der Waals surface area contributed by atoms with E-state index in [0.717, 1.165) is 64.4 Å². The highest BCUT2D eigenvalue weighted by molar-refractivity contribution is 5.81. The summed E-state index contributed by atoms with van der Waals surface area (Å²) in [4.78, 5) is 26.4. The third kappa shape index (κ3) is 3.12. The zero-order valence-corrected chi connectivity index (χ0v) is 15.1. The molecule has 0 bridgehead atoms. The van der Waals surface area contributed by atoms with Crippen LogP contribution >= 0.6 is 0 Å². The third-order valence-corrected chi connectivity index (χ3v) is 6.46. The van der Waals surface area contributed by atoms with Gasteiger partial charge in [-0.25, -0.2) is 9.97 Å². The van der Waals surface area contributed by atoms with Gasteiger partial charge in [0.05, 0.1) is 5.92 Å². The highest BCUT2D eigenvalue weighted by Crippen LogP contribution is 2.52. The van der Waals surface area contributed by atoms with E-state index >= 15 is 0 Å². The number of nitrogens with zero attached hydrogens (tertiary/aromatic N) is 4. The zero-order valence-electron chi connectivity index (χ0n) is 15.1. The minimum absolute atomic E-state index is 0.101. The first-order valence-corrected chi connectivity index (χ1v) is 9.51. The van der Waals surface area contributed by atoms with Crippen LogP contribution in [0.4, 0.5) is 5.95 Å². The fraction of sp³-hybridized carbons (Fsp3) is 0.737. The van der Waals surface area contributed by atoms with Crippen molar-refractivity contribution in [3.63, 3.8) is 0 Å². The van der Waals surface area contributed by atoms with Gasteiger partial charge in [-0.3, -0.25) is 4.79 Å². The Morgan fingerprint density at radius 3 is 2.60 bits per heavy atom. The Balaban J connectivity index is 1.44. The van der Waals surface area contributed by atoms with Gasteiger partial charge in [0.25, 0.3) is 0 Å². The van der Waals surface area contributed by atoms with Gasteiger partial charge in [0.15, 0.2) is 0 Å². The number of hydrogen-bond donors (Lipinski definition) is 0. The summed E-state index contributed by atoms with van der Waals surface area (Å²) in [6.45, 7) is 4.26. The molecule has 136 valence electrons. The predicted molar refractivity (Wildman–Crippen MR) is 95.2 cm³/mol. The summed E-state index contributed by atoms with van der Waals surface area (Å²) < 4.78 is 5.28. The summed E-state index contributed by atoms with van der Waals surface area (Å²) in [6.07, 6.45) is 9.25. The number of rotatable bonds is 4. The van der Waals surface area contributed by atoms with Crippen molar-refractivity contribution in [1.82, 2.24) is 14.9 Å². The van der Waals surface area contributed by atoms with E-state index in [1.807, 2.05) is 6.07 Å². The highest BCUT2D eigenvalue weighted by Gasteiger charge is 2.54. The van der Waals surface area contributed by atoms with Gasteiger partial charge >= 0.3 is 0 Å². The second-order valence-corrected chi connectivity index (χ2v) is 7.92. The number of hydrogen-bond acceptors (Lipinski definition) is 5. The fourth-order valence-corrected chi connectivity index (χ4v) is 4.83. The molecule has 25 heavy (non-hydrogen) atoms. The van der Waals surface area contributed by atoms with E-state index in [2.05, 4.69) is 19.8 Å². The lowest BCUT2D eigenvalue weighted by molar-refractivity contribution is -0.142. The van der Waals surface area contributed by atoms with Crippen LogP contribution in [-0.2, 0) is 9.53 Å². The largest absolute Gasteiger partial charge is 0.384 e. The van der Waals surface area contributed by atoms with Crippen LogP contribution in [0.1, 0.15) is 32.1 Å². The lowest BCUT2D eigenvalue weighted by atomic mass is 9.62. The summed E-state index contributed by atoms with van der Waals surface area (Å²) >= 11 is 0. The van der Waals surface area contributed by atoms with Crippen molar-refractivity contribution >= 4 is 11.9 Å². The molecule has 3 fully saturated rings. The van der Waals surface area contributed by atoms with Crippen molar-refractivity contribution in [2.24, 2.45) is 17.3 Å². The molecule has 1 spiro atoms. The molecule has 6 nitrogen and oxygen atoms in total. The van der Waals surface area contributed by atoms with Gasteiger partial charge in [-0.2, -0.15) is 0 Å². The average Bonchev–Trinajstić information content (AvgIpc) is 3.04. The zero-order chi connectivity index (χ0) is 17.3. The first-order chi connectivity index (χ1) is 12.2. The standard InChI is InChI=1S/C19H28N4O2/c1-25-13-15-4-10-22(11-5-15)17(24)16-12-23(14-19(16)6-2-7-19)18-20-8-3-9-21-18/h3,8-9,15-16H,2,4-7,10-14H2,1H3. The van der Waals surface area contributed by atoms with E-state index in [1.165, 1.54) is 6.42 Å². The Morgan fingerprint density at radius 2 is 2.00 bits per heavy atom. The topological polar surface area (TPSA) is 58.6 Å². The molecule has 3 aliphatic rings. The molecule has 1 aromatic heterocycles. The van der Waals surface area contributed by atoms with E-state index in [-0.39, 0.29) is 11.3 Å². The molecular formula is C19H28N4O2. The molecule has 4 rings (SSSR count). The van der Waals surface area contributed by atoms with Crippen molar-refractivity contribution < 1.29 is 9.53 Å². The smallest absolute Gasteiger partial charge is 0.228 e. The van der Waals surface area contributed by atoms with Crippen LogP contribution in [0.2, 0.25) is 0 Å². The van der Waals surface area contributed by atoms with Crippen LogP contribution in [0.3, 0.4) is 0 Å². The molecule has 1 atom stereocenters.